The molecule has 0 fully saturated rings. The van der Waals surface area contributed by atoms with Crippen LogP contribution in [0, 0.1) is 20.8 Å². The Hall–Kier alpha value is -2.43. The summed E-state index contributed by atoms with van der Waals surface area (Å²) in [6.45, 7) is 7.23. The van der Waals surface area contributed by atoms with Gasteiger partial charge in [0, 0.05) is 30.4 Å². The molecule has 0 spiro atoms. The number of aryl methyl sites for hydroxylation is 3. The van der Waals surface area contributed by atoms with Gasteiger partial charge in [0.1, 0.15) is 5.82 Å². The van der Waals surface area contributed by atoms with E-state index in [4.69, 9.17) is 0 Å². The Morgan fingerprint density at radius 3 is 2.82 bits per heavy atom. The molecule has 1 aliphatic rings. The van der Waals surface area contributed by atoms with Crippen LogP contribution in [-0.4, -0.2) is 27.4 Å². The molecule has 5 heteroatoms. The summed E-state index contributed by atoms with van der Waals surface area (Å²) >= 11 is 0. The van der Waals surface area contributed by atoms with Gasteiger partial charge in [-0.2, -0.15) is 0 Å². The van der Waals surface area contributed by atoms with Gasteiger partial charge in [0.25, 0.3) is 0 Å². The maximum Gasteiger partial charge on any atom is 0.322 e. The van der Waals surface area contributed by atoms with Crippen molar-refractivity contribution in [1.82, 2.24) is 14.9 Å². The fraction of sp³-hybridized carbons (Fsp3) is 0.353. The number of carbonyl (C=O) groups is 1. The molecule has 1 aromatic carbocycles. The van der Waals surface area contributed by atoms with E-state index >= 15 is 0 Å². The number of rotatable bonds is 1. The lowest BCUT2D eigenvalue weighted by Gasteiger charge is -2.28. The summed E-state index contributed by atoms with van der Waals surface area (Å²) in [7, 11) is 0. The number of fused-ring (bicyclic) bond motifs is 1. The normalized spacial score (nSPS) is 13.7. The maximum atomic E-state index is 12.4. The Balaban J connectivity index is 1.71. The minimum Gasteiger partial charge on any atom is -0.320 e. The summed E-state index contributed by atoms with van der Waals surface area (Å²) < 4.78 is 0. The van der Waals surface area contributed by atoms with Gasteiger partial charge in [-0.05, 0) is 44.0 Å². The highest BCUT2D eigenvalue weighted by Gasteiger charge is 2.22. The van der Waals surface area contributed by atoms with Gasteiger partial charge in [0.2, 0.25) is 0 Å². The Morgan fingerprint density at radius 2 is 2.05 bits per heavy atom. The van der Waals surface area contributed by atoms with E-state index in [2.05, 4.69) is 22.2 Å². The van der Waals surface area contributed by atoms with E-state index in [1.165, 1.54) is 11.1 Å². The van der Waals surface area contributed by atoms with E-state index in [0.717, 1.165) is 29.2 Å². The second kappa shape index (κ2) is 5.75. The van der Waals surface area contributed by atoms with E-state index in [0.29, 0.717) is 13.1 Å². The maximum absolute atomic E-state index is 12.4. The van der Waals surface area contributed by atoms with Crippen LogP contribution in [0.25, 0.3) is 0 Å². The lowest BCUT2D eigenvalue weighted by Crippen LogP contribution is -2.39. The van der Waals surface area contributed by atoms with Crippen molar-refractivity contribution >= 4 is 11.7 Å². The molecule has 0 atom stereocenters. The van der Waals surface area contributed by atoms with Crippen LogP contribution in [0.1, 0.15) is 28.2 Å². The van der Waals surface area contributed by atoms with Crippen molar-refractivity contribution < 1.29 is 4.79 Å². The molecule has 1 aliphatic heterocycles. The topological polar surface area (TPSA) is 58.1 Å². The van der Waals surface area contributed by atoms with E-state index in [-0.39, 0.29) is 6.03 Å². The summed E-state index contributed by atoms with van der Waals surface area (Å²) in [5.41, 5.74) is 5.32. The van der Waals surface area contributed by atoms with Crippen molar-refractivity contribution in [3.05, 3.63) is 52.6 Å². The summed E-state index contributed by atoms with van der Waals surface area (Å²) in [5, 5.41) is 2.97. The molecular formula is C17H20N4O. The molecular weight excluding hydrogens is 276 g/mol. The summed E-state index contributed by atoms with van der Waals surface area (Å²) in [4.78, 5) is 22.9. The largest absolute Gasteiger partial charge is 0.322 e. The second-order valence-electron chi connectivity index (χ2n) is 5.79. The minimum absolute atomic E-state index is 0.0746. The molecule has 5 nitrogen and oxygen atoms in total. The number of nitrogens with zero attached hydrogens (tertiary/aromatic N) is 3. The third-order valence-corrected chi connectivity index (χ3v) is 4.10. The highest BCUT2D eigenvalue weighted by atomic mass is 16.2. The van der Waals surface area contributed by atoms with Crippen molar-refractivity contribution in [1.29, 1.82) is 0 Å². The van der Waals surface area contributed by atoms with Crippen molar-refractivity contribution in [2.45, 2.75) is 33.7 Å². The van der Waals surface area contributed by atoms with E-state index in [9.17, 15) is 4.79 Å². The number of hydrogen-bond donors (Lipinski definition) is 1. The van der Waals surface area contributed by atoms with Crippen LogP contribution in [0.4, 0.5) is 10.5 Å². The molecule has 0 aliphatic carbocycles. The number of nitrogens with one attached hydrogen (secondary N) is 1. The average molecular weight is 296 g/mol. The average Bonchev–Trinajstić information content (AvgIpc) is 2.50. The van der Waals surface area contributed by atoms with E-state index in [1.807, 2.05) is 38.2 Å². The van der Waals surface area contributed by atoms with Crippen LogP contribution in [0.3, 0.4) is 0 Å². The SMILES string of the molecule is Cc1ncc2c(n1)CCN(C(=O)Nc1ccc(C)c(C)c1)C2. The number of anilines is 1. The molecule has 2 amide bonds. The molecule has 1 N–H and O–H groups in total. The Morgan fingerprint density at radius 1 is 1.23 bits per heavy atom. The first kappa shape index (κ1) is 14.5. The molecule has 0 saturated carbocycles. The van der Waals surface area contributed by atoms with Crippen molar-refractivity contribution in [2.24, 2.45) is 0 Å². The molecule has 1 aromatic heterocycles. The molecule has 2 heterocycles. The summed E-state index contributed by atoms with van der Waals surface area (Å²) in [5.74, 6) is 0.784. The zero-order valence-corrected chi connectivity index (χ0v) is 13.2. The molecule has 3 rings (SSSR count). The molecule has 0 bridgehead atoms. The summed E-state index contributed by atoms with van der Waals surface area (Å²) in [6, 6.07) is 5.88. The van der Waals surface area contributed by atoms with Crippen molar-refractivity contribution in [3.63, 3.8) is 0 Å². The zero-order valence-electron chi connectivity index (χ0n) is 13.2. The van der Waals surface area contributed by atoms with Gasteiger partial charge in [-0.15, -0.1) is 0 Å². The summed E-state index contributed by atoms with van der Waals surface area (Å²) in [6.07, 6.45) is 2.60. The standard InChI is InChI=1S/C17H20N4O/c1-11-4-5-15(8-12(11)2)20-17(22)21-7-6-16-14(10-21)9-18-13(3)19-16/h4-5,8-9H,6-7,10H2,1-3H3,(H,20,22). The first-order chi connectivity index (χ1) is 10.5. The van der Waals surface area contributed by atoms with Gasteiger partial charge >= 0.3 is 6.03 Å². The number of urea groups is 1. The van der Waals surface area contributed by atoms with Gasteiger partial charge in [-0.1, -0.05) is 6.07 Å². The second-order valence-corrected chi connectivity index (χ2v) is 5.79. The third kappa shape index (κ3) is 2.93. The molecule has 2 aromatic rings. The number of carbonyl (C=O) groups excluding carboxylic acids is 1. The van der Waals surface area contributed by atoms with Crippen molar-refractivity contribution in [2.75, 3.05) is 11.9 Å². The number of amides is 2. The highest BCUT2D eigenvalue weighted by Crippen LogP contribution is 2.19. The lowest BCUT2D eigenvalue weighted by atomic mass is 10.1. The van der Waals surface area contributed by atoms with Crippen LogP contribution in [0.5, 0.6) is 0 Å². The molecule has 0 unspecified atom stereocenters. The smallest absolute Gasteiger partial charge is 0.320 e. The number of aromatic nitrogens is 2. The van der Waals surface area contributed by atoms with Crippen LogP contribution < -0.4 is 5.32 Å². The zero-order chi connectivity index (χ0) is 15.7. The predicted octanol–water partition coefficient (Wildman–Crippen LogP) is 2.99. The Kier molecular flexibility index (Phi) is 3.79. The van der Waals surface area contributed by atoms with Crippen LogP contribution in [-0.2, 0) is 13.0 Å². The fourth-order valence-electron chi connectivity index (χ4n) is 2.61. The van der Waals surface area contributed by atoms with E-state index < -0.39 is 0 Å². The molecule has 22 heavy (non-hydrogen) atoms. The van der Waals surface area contributed by atoms with Crippen LogP contribution in [0.2, 0.25) is 0 Å². The highest BCUT2D eigenvalue weighted by molar-refractivity contribution is 5.89. The van der Waals surface area contributed by atoms with Gasteiger partial charge in [-0.25, -0.2) is 14.8 Å². The number of hydrogen-bond acceptors (Lipinski definition) is 3. The Bertz CT molecular complexity index is 727. The van der Waals surface area contributed by atoms with Gasteiger partial charge in [0.15, 0.2) is 0 Å². The Labute approximate surface area is 130 Å². The fourth-order valence-corrected chi connectivity index (χ4v) is 2.61. The minimum atomic E-state index is -0.0746. The van der Waals surface area contributed by atoms with Crippen LogP contribution >= 0.6 is 0 Å². The molecule has 0 saturated heterocycles. The van der Waals surface area contributed by atoms with Crippen LogP contribution in [0.15, 0.2) is 24.4 Å². The predicted molar refractivity (Wildman–Crippen MR) is 85.8 cm³/mol. The number of benzene rings is 1. The molecule has 0 radical (unpaired) electrons. The molecule has 114 valence electrons. The quantitative estimate of drug-likeness (QED) is 0.880. The third-order valence-electron chi connectivity index (χ3n) is 4.10. The van der Waals surface area contributed by atoms with Gasteiger partial charge < -0.3 is 10.2 Å². The van der Waals surface area contributed by atoms with E-state index in [1.54, 1.807) is 4.90 Å². The monoisotopic (exact) mass is 296 g/mol. The van der Waals surface area contributed by atoms with Crippen molar-refractivity contribution in [3.8, 4) is 0 Å². The van der Waals surface area contributed by atoms with Gasteiger partial charge in [-0.3, -0.25) is 0 Å². The first-order valence-electron chi connectivity index (χ1n) is 7.47. The first-order valence-corrected chi connectivity index (χ1v) is 7.47. The van der Waals surface area contributed by atoms with Gasteiger partial charge in [0.05, 0.1) is 12.2 Å². The lowest BCUT2D eigenvalue weighted by molar-refractivity contribution is 0.205.